The van der Waals surface area contributed by atoms with E-state index in [0.717, 1.165) is 5.56 Å². The molecule has 2 rings (SSSR count). The summed E-state index contributed by atoms with van der Waals surface area (Å²) in [6, 6.07) is 14.9. The number of anilines is 1. The minimum absolute atomic E-state index is 0.0636. The number of rotatable bonds is 6. The van der Waals surface area contributed by atoms with Crippen molar-refractivity contribution in [3.63, 3.8) is 0 Å². The maximum absolute atomic E-state index is 12.4. The number of methoxy groups -OCH3 is 2. The SMILES string of the molecule is COc1ccc(NC(=O)NC(c2ccccc2)C(C)C)cc1OC. The largest absolute Gasteiger partial charge is 0.493 e. The predicted octanol–water partition coefficient (Wildman–Crippen LogP) is 4.22. The molecule has 2 aromatic rings. The highest BCUT2D eigenvalue weighted by Crippen LogP contribution is 2.30. The molecule has 0 aliphatic rings. The molecule has 128 valence electrons. The van der Waals surface area contributed by atoms with Crippen LogP contribution in [0.15, 0.2) is 48.5 Å². The summed E-state index contributed by atoms with van der Waals surface area (Å²) < 4.78 is 10.4. The molecule has 0 saturated carbocycles. The molecule has 5 nitrogen and oxygen atoms in total. The summed E-state index contributed by atoms with van der Waals surface area (Å²) in [5.41, 5.74) is 1.72. The molecule has 1 unspecified atom stereocenters. The molecule has 0 aromatic heterocycles. The zero-order valence-electron chi connectivity index (χ0n) is 14.5. The van der Waals surface area contributed by atoms with Crippen molar-refractivity contribution < 1.29 is 14.3 Å². The monoisotopic (exact) mass is 328 g/mol. The van der Waals surface area contributed by atoms with E-state index in [1.165, 1.54) is 0 Å². The zero-order valence-corrected chi connectivity index (χ0v) is 14.5. The first-order chi connectivity index (χ1) is 11.5. The van der Waals surface area contributed by atoms with Crippen LogP contribution in [0.25, 0.3) is 0 Å². The normalized spacial score (nSPS) is 11.7. The molecule has 0 heterocycles. The van der Waals surface area contributed by atoms with Crippen molar-refractivity contribution in [3.05, 3.63) is 54.1 Å². The van der Waals surface area contributed by atoms with Crippen LogP contribution in [-0.2, 0) is 0 Å². The van der Waals surface area contributed by atoms with Gasteiger partial charge in [0.1, 0.15) is 0 Å². The summed E-state index contributed by atoms with van der Waals surface area (Å²) in [5.74, 6) is 1.45. The van der Waals surface area contributed by atoms with Gasteiger partial charge in [-0.2, -0.15) is 0 Å². The summed E-state index contributed by atoms with van der Waals surface area (Å²) in [6.45, 7) is 4.16. The van der Waals surface area contributed by atoms with Crippen LogP contribution in [0.1, 0.15) is 25.5 Å². The van der Waals surface area contributed by atoms with Gasteiger partial charge in [0.15, 0.2) is 11.5 Å². The third-order valence-corrected chi connectivity index (χ3v) is 3.75. The van der Waals surface area contributed by atoms with Gasteiger partial charge in [0.25, 0.3) is 0 Å². The number of ether oxygens (including phenoxy) is 2. The number of carbonyl (C=O) groups excluding carboxylic acids is 1. The average molecular weight is 328 g/mol. The average Bonchev–Trinajstić information content (AvgIpc) is 2.60. The molecule has 5 heteroatoms. The van der Waals surface area contributed by atoms with Gasteiger partial charge in [0.2, 0.25) is 0 Å². The van der Waals surface area contributed by atoms with Gasteiger partial charge in [-0.25, -0.2) is 4.79 Å². The number of urea groups is 1. The van der Waals surface area contributed by atoms with Crippen molar-refractivity contribution >= 4 is 11.7 Å². The molecule has 0 spiro atoms. The minimum Gasteiger partial charge on any atom is -0.493 e. The van der Waals surface area contributed by atoms with Crippen LogP contribution in [0.3, 0.4) is 0 Å². The van der Waals surface area contributed by atoms with Crippen molar-refractivity contribution in [2.45, 2.75) is 19.9 Å². The lowest BCUT2D eigenvalue weighted by Crippen LogP contribution is -2.35. The van der Waals surface area contributed by atoms with E-state index in [9.17, 15) is 4.79 Å². The minimum atomic E-state index is -0.259. The lowest BCUT2D eigenvalue weighted by Gasteiger charge is -2.23. The van der Waals surface area contributed by atoms with Crippen LogP contribution >= 0.6 is 0 Å². The molecule has 24 heavy (non-hydrogen) atoms. The molecular formula is C19H24N2O3. The van der Waals surface area contributed by atoms with Gasteiger partial charge in [0, 0.05) is 11.8 Å². The number of nitrogens with one attached hydrogen (secondary N) is 2. The molecule has 0 saturated heterocycles. The van der Waals surface area contributed by atoms with Crippen LogP contribution in [-0.4, -0.2) is 20.3 Å². The summed E-state index contributed by atoms with van der Waals surface area (Å²) in [4.78, 5) is 12.4. The fraction of sp³-hybridized carbons (Fsp3) is 0.316. The highest BCUT2D eigenvalue weighted by Gasteiger charge is 2.18. The van der Waals surface area contributed by atoms with E-state index in [4.69, 9.17) is 9.47 Å². The Bertz CT molecular complexity index is 672. The first-order valence-electron chi connectivity index (χ1n) is 7.89. The highest BCUT2D eigenvalue weighted by atomic mass is 16.5. The van der Waals surface area contributed by atoms with Gasteiger partial charge in [-0.15, -0.1) is 0 Å². The second-order valence-corrected chi connectivity index (χ2v) is 5.80. The van der Waals surface area contributed by atoms with Gasteiger partial charge in [-0.05, 0) is 23.6 Å². The topological polar surface area (TPSA) is 59.6 Å². The molecule has 0 bridgehead atoms. The fourth-order valence-electron chi connectivity index (χ4n) is 2.52. The van der Waals surface area contributed by atoms with Crippen molar-refractivity contribution in [2.75, 3.05) is 19.5 Å². The Morgan fingerprint density at radius 3 is 2.21 bits per heavy atom. The molecule has 1 atom stereocenters. The van der Waals surface area contributed by atoms with E-state index in [1.807, 2.05) is 30.3 Å². The first-order valence-corrected chi connectivity index (χ1v) is 7.89. The van der Waals surface area contributed by atoms with E-state index in [2.05, 4.69) is 24.5 Å². The summed E-state index contributed by atoms with van der Waals surface area (Å²) >= 11 is 0. The van der Waals surface area contributed by atoms with Gasteiger partial charge >= 0.3 is 6.03 Å². The van der Waals surface area contributed by atoms with Crippen LogP contribution in [0.2, 0.25) is 0 Å². The zero-order chi connectivity index (χ0) is 17.5. The van der Waals surface area contributed by atoms with Gasteiger partial charge in [-0.1, -0.05) is 44.2 Å². The van der Waals surface area contributed by atoms with Crippen LogP contribution < -0.4 is 20.1 Å². The Morgan fingerprint density at radius 1 is 0.958 bits per heavy atom. The van der Waals surface area contributed by atoms with Crippen LogP contribution in [0, 0.1) is 5.92 Å². The third kappa shape index (κ3) is 4.41. The van der Waals surface area contributed by atoms with Gasteiger partial charge in [-0.3, -0.25) is 0 Å². The number of amides is 2. The number of benzene rings is 2. The Kier molecular flexibility index (Phi) is 6.07. The molecular weight excluding hydrogens is 304 g/mol. The summed E-state index contributed by atoms with van der Waals surface area (Å²) in [6.07, 6.45) is 0. The molecule has 2 aromatic carbocycles. The standard InChI is InChI=1S/C19H24N2O3/c1-13(2)18(14-8-6-5-7-9-14)21-19(22)20-15-10-11-16(23-3)17(12-15)24-4/h5-13,18H,1-4H3,(H2,20,21,22). The van der Waals surface area contributed by atoms with E-state index >= 15 is 0 Å². The Labute approximate surface area is 143 Å². The van der Waals surface area contributed by atoms with Crippen molar-refractivity contribution in [1.82, 2.24) is 5.32 Å². The first kappa shape index (κ1) is 17.7. The highest BCUT2D eigenvalue weighted by molar-refractivity contribution is 5.90. The smallest absolute Gasteiger partial charge is 0.319 e. The van der Waals surface area contributed by atoms with Gasteiger partial charge < -0.3 is 20.1 Å². The summed E-state index contributed by atoms with van der Waals surface area (Å²) in [7, 11) is 3.14. The quantitative estimate of drug-likeness (QED) is 0.834. The van der Waals surface area contributed by atoms with Crippen molar-refractivity contribution in [3.8, 4) is 11.5 Å². The molecule has 2 N–H and O–H groups in total. The maximum Gasteiger partial charge on any atom is 0.319 e. The lowest BCUT2D eigenvalue weighted by atomic mass is 9.96. The molecule has 2 amide bonds. The van der Waals surface area contributed by atoms with E-state index in [-0.39, 0.29) is 18.0 Å². The Balaban J connectivity index is 2.09. The molecule has 0 fully saturated rings. The Morgan fingerprint density at radius 2 is 1.62 bits per heavy atom. The Hall–Kier alpha value is -2.69. The lowest BCUT2D eigenvalue weighted by molar-refractivity contribution is 0.244. The third-order valence-electron chi connectivity index (χ3n) is 3.75. The van der Waals surface area contributed by atoms with Crippen molar-refractivity contribution in [2.24, 2.45) is 5.92 Å². The van der Waals surface area contributed by atoms with Crippen LogP contribution in [0.4, 0.5) is 10.5 Å². The van der Waals surface area contributed by atoms with Crippen molar-refractivity contribution in [1.29, 1.82) is 0 Å². The van der Waals surface area contributed by atoms with E-state index in [0.29, 0.717) is 17.2 Å². The summed E-state index contributed by atoms with van der Waals surface area (Å²) in [5, 5.41) is 5.86. The van der Waals surface area contributed by atoms with Crippen LogP contribution in [0.5, 0.6) is 11.5 Å². The second-order valence-electron chi connectivity index (χ2n) is 5.80. The number of carbonyl (C=O) groups is 1. The van der Waals surface area contributed by atoms with E-state index < -0.39 is 0 Å². The predicted molar refractivity (Wildman–Crippen MR) is 95.7 cm³/mol. The second kappa shape index (κ2) is 8.24. The molecule has 0 aliphatic heterocycles. The fourth-order valence-corrected chi connectivity index (χ4v) is 2.52. The van der Waals surface area contributed by atoms with Gasteiger partial charge in [0.05, 0.1) is 20.3 Å². The molecule has 0 aliphatic carbocycles. The number of hydrogen-bond donors (Lipinski definition) is 2. The number of hydrogen-bond acceptors (Lipinski definition) is 3. The van der Waals surface area contributed by atoms with E-state index in [1.54, 1.807) is 32.4 Å². The molecule has 0 radical (unpaired) electrons. The maximum atomic E-state index is 12.4.